The van der Waals surface area contributed by atoms with Crippen LogP contribution >= 0.6 is 11.6 Å². The number of unbranched alkanes of at least 4 members (excludes halogenated alkanes) is 1. The van der Waals surface area contributed by atoms with Crippen molar-refractivity contribution in [3.8, 4) is 11.3 Å². The zero-order valence-corrected chi connectivity index (χ0v) is 19.8. The highest BCUT2D eigenvalue weighted by molar-refractivity contribution is 6.30. The molecule has 5 rings (SSSR count). The van der Waals surface area contributed by atoms with Crippen molar-refractivity contribution in [1.29, 1.82) is 0 Å². The highest BCUT2D eigenvalue weighted by Crippen LogP contribution is 2.27. The van der Waals surface area contributed by atoms with E-state index >= 15 is 0 Å². The number of carboxylic acid groups (broad SMARTS) is 1. The fourth-order valence-electron chi connectivity index (χ4n) is 4.34. The maximum absolute atomic E-state index is 13.2. The third-order valence-electron chi connectivity index (χ3n) is 6.19. The first-order chi connectivity index (χ1) is 17.0. The van der Waals surface area contributed by atoms with Crippen LogP contribution in [-0.4, -0.2) is 47.9 Å². The topological polar surface area (TPSA) is 101 Å². The van der Waals surface area contributed by atoms with E-state index in [-0.39, 0.29) is 12.3 Å². The number of carboxylic acids is 1. The smallest absolute Gasteiger partial charge is 0.303 e. The molecule has 0 bridgehead atoms. The number of carbonyl (C=O) groups is 2. The van der Waals surface area contributed by atoms with Crippen LogP contribution < -0.4 is 0 Å². The molecule has 8 nitrogen and oxygen atoms in total. The van der Waals surface area contributed by atoms with Gasteiger partial charge in [0.05, 0.1) is 29.0 Å². The number of fused-ring (bicyclic) bond motifs is 2. The van der Waals surface area contributed by atoms with E-state index in [0.717, 1.165) is 29.3 Å². The molecule has 0 saturated heterocycles. The number of hydrogen-bond donors (Lipinski definition) is 1. The van der Waals surface area contributed by atoms with E-state index in [1.807, 2.05) is 36.5 Å². The molecular formula is C26H24ClN5O3. The summed E-state index contributed by atoms with van der Waals surface area (Å²) < 4.78 is 2.06. The zero-order chi connectivity index (χ0) is 24.4. The van der Waals surface area contributed by atoms with E-state index in [9.17, 15) is 9.59 Å². The number of halogens is 1. The molecule has 0 saturated carbocycles. The van der Waals surface area contributed by atoms with E-state index in [1.165, 1.54) is 0 Å². The van der Waals surface area contributed by atoms with Crippen molar-refractivity contribution >= 4 is 34.5 Å². The van der Waals surface area contributed by atoms with Gasteiger partial charge in [-0.25, -0.2) is 15.0 Å². The van der Waals surface area contributed by atoms with Crippen LogP contribution in [0.2, 0.25) is 5.02 Å². The largest absolute Gasteiger partial charge is 0.481 e. The number of nitrogens with zero attached hydrogens (tertiary/aromatic N) is 5. The van der Waals surface area contributed by atoms with Crippen LogP contribution in [0.25, 0.3) is 22.3 Å². The van der Waals surface area contributed by atoms with E-state index in [0.29, 0.717) is 54.0 Å². The summed E-state index contributed by atoms with van der Waals surface area (Å²) >= 11 is 6.07. The second-order valence-corrected chi connectivity index (χ2v) is 9.03. The average molecular weight is 490 g/mol. The molecule has 0 fully saturated rings. The van der Waals surface area contributed by atoms with Gasteiger partial charge in [-0.1, -0.05) is 23.7 Å². The maximum atomic E-state index is 13.2. The minimum atomic E-state index is -0.809. The van der Waals surface area contributed by atoms with Crippen molar-refractivity contribution in [2.75, 3.05) is 6.54 Å². The predicted molar refractivity (Wildman–Crippen MR) is 132 cm³/mol. The molecule has 1 amide bonds. The molecule has 0 radical (unpaired) electrons. The first-order valence-corrected chi connectivity index (χ1v) is 11.9. The van der Waals surface area contributed by atoms with Gasteiger partial charge in [-0.3, -0.25) is 9.59 Å². The highest BCUT2D eigenvalue weighted by atomic mass is 35.5. The van der Waals surface area contributed by atoms with Crippen molar-refractivity contribution in [3.63, 3.8) is 0 Å². The van der Waals surface area contributed by atoms with Crippen LogP contribution in [0.4, 0.5) is 0 Å². The maximum Gasteiger partial charge on any atom is 0.303 e. The summed E-state index contributed by atoms with van der Waals surface area (Å²) in [6.45, 7) is 1.82. The van der Waals surface area contributed by atoms with Crippen LogP contribution in [0.3, 0.4) is 0 Å². The van der Waals surface area contributed by atoms with Gasteiger partial charge in [0.25, 0.3) is 5.91 Å². The number of imidazole rings is 1. The third-order valence-corrected chi connectivity index (χ3v) is 6.44. The summed E-state index contributed by atoms with van der Waals surface area (Å²) in [6, 6.07) is 12.8. The number of benzene rings is 2. The lowest BCUT2D eigenvalue weighted by Gasteiger charge is -2.27. The van der Waals surface area contributed by atoms with Gasteiger partial charge in [0.2, 0.25) is 0 Å². The number of carbonyl (C=O) groups excluding carboxylic acids is 1. The van der Waals surface area contributed by atoms with Crippen molar-refractivity contribution in [2.24, 2.45) is 0 Å². The van der Waals surface area contributed by atoms with Crippen molar-refractivity contribution in [3.05, 3.63) is 77.0 Å². The molecule has 9 heteroatoms. The van der Waals surface area contributed by atoms with Gasteiger partial charge in [0.1, 0.15) is 5.82 Å². The molecule has 1 aliphatic heterocycles. The Bertz CT molecular complexity index is 1400. The highest BCUT2D eigenvalue weighted by Gasteiger charge is 2.23. The number of hydrogen-bond acceptors (Lipinski definition) is 5. The number of aryl methyl sites for hydroxylation is 1. The van der Waals surface area contributed by atoms with Gasteiger partial charge in [-0.15, -0.1) is 0 Å². The average Bonchev–Trinajstić information content (AvgIpc) is 3.34. The van der Waals surface area contributed by atoms with E-state index in [2.05, 4.69) is 9.55 Å². The zero-order valence-electron chi connectivity index (χ0n) is 19.0. The molecular weight excluding hydrogens is 466 g/mol. The molecule has 0 spiro atoms. The van der Waals surface area contributed by atoms with Crippen LogP contribution in [0.1, 0.15) is 41.1 Å². The SMILES string of the molecule is O=C(O)CCCCc1nc2cc(C(=O)N3CCn4ccnc4C3)ccc2nc1-c1ccc(Cl)cc1. The Morgan fingerprint density at radius 3 is 2.63 bits per heavy atom. The molecule has 178 valence electrons. The molecule has 2 aromatic carbocycles. The Morgan fingerprint density at radius 1 is 1.00 bits per heavy atom. The standard InChI is InChI=1S/C26H24ClN5O3/c27-19-8-5-17(6-9-19)25-21(3-1-2-4-24(33)34)29-22-15-18(7-10-20(22)30-25)26(35)32-14-13-31-12-11-28-23(31)16-32/h5-12,15H,1-4,13-14,16H2,(H,33,34). The molecule has 0 atom stereocenters. The second kappa shape index (κ2) is 9.84. The van der Waals surface area contributed by atoms with Gasteiger partial charge in [0, 0.05) is 48.1 Å². The quantitative estimate of drug-likeness (QED) is 0.381. The van der Waals surface area contributed by atoms with Gasteiger partial charge in [-0.2, -0.15) is 0 Å². The molecule has 35 heavy (non-hydrogen) atoms. The number of rotatable bonds is 7. The summed E-state index contributed by atoms with van der Waals surface area (Å²) in [5, 5.41) is 9.59. The van der Waals surface area contributed by atoms with Crippen LogP contribution in [0.5, 0.6) is 0 Å². The number of amides is 1. The minimum Gasteiger partial charge on any atom is -0.481 e. The van der Waals surface area contributed by atoms with Crippen LogP contribution in [0, 0.1) is 0 Å². The first-order valence-electron chi connectivity index (χ1n) is 11.6. The van der Waals surface area contributed by atoms with E-state index in [1.54, 1.807) is 23.2 Å². The first kappa shape index (κ1) is 23.0. The van der Waals surface area contributed by atoms with E-state index in [4.69, 9.17) is 26.7 Å². The van der Waals surface area contributed by atoms with Gasteiger partial charge >= 0.3 is 5.97 Å². The summed E-state index contributed by atoms with van der Waals surface area (Å²) in [7, 11) is 0. The monoisotopic (exact) mass is 489 g/mol. The number of aromatic nitrogens is 4. The lowest BCUT2D eigenvalue weighted by Crippen LogP contribution is -2.38. The lowest BCUT2D eigenvalue weighted by molar-refractivity contribution is -0.137. The molecule has 4 aromatic rings. The molecule has 3 heterocycles. The Hall–Kier alpha value is -3.78. The Balaban J connectivity index is 1.46. The Labute approximate surface area is 207 Å². The van der Waals surface area contributed by atoms with Gasteiger partial charge in [0.15, 0.2) is 0 Å². The van der Waals surface area contributed by atoms with E-state index < -0.39 is 5.97 Å². The van der Waals surface area contributed by atoms with Crippen molar-refractivity contribution in [2.45, 2.75) is 38.8 Å². The normalized spacial score (nSPS) is 13.1. The molecule has 0 aliphatic carbocycles. The summed E-state index contributed by atoms with van der Waals surface area (Å²) in [5.74, 6) is 0.00465. The number of aliphatic carboxylic acids is 1. The summed E-state index contributed by atoms with van der Waals surface area (Å²) in [5.41, 5.74) is 4.29. The molecule has 0 unspecified atom stereocenters. The minimum absolute atomic E-state index is 0.0623. The molecule has 1 N–H and O–H groups in total. The Kier molecular flexibility index (Phi) is 6.46. The fraction of sp³-hybridized carbons (Fsp3) is 0.269. The predicted octanol–water partition coefficient (Wildman–Crippen LogP) is 4.60. The summed E-state index contributed by atoms with van der Waals surface area (Å²) in [4.78, 5) is 40.0. The molecule has 2 aromatic heterocycles. The summed E-state index contributed by atoms with van der Waals surface area (Å²) in [6.07, 6.45) is 5.61. The second-order valence-electron chi connectivity index (χ2n) is 8.59. The van der Waals surface area contributed by atoms with Gasteiger partial charge in [-0.05, 0) is 49.6 Å². The Morgan fingerprint density at radius 2 is 1.83 bits per heavy atom. The lowest BCUT2D eigenvalue weighted by atomic mass is 10.0. The third kappa shape index (κ3) is 5.02. The van der Waals surface area contributed by atoms with Gasteiger partial charge < -0.3 is 14.6 Å². The van der Waals surface area contributed by atoms with Crippen LogP contribution in [-0.2, 0) is 24.3 Å². The van der Waals surface area contributed by atoms with Crippen molar-refractivity contribution in [1.82, 2.24) is 24.4 Å². The van der Waals surface area contributed by atoms with Crippen LogP contribution in [0.15, 0.2) is 54.9 Å². The molecule has 1 aliphatic rings. The van der Waals surface area contributed by atoms with Crippen molar-refractivity contribution < 1.29 is 14.7 Å². The fourth-order valence-corrected chi connectivity index (χ4v) is 4.46.